The van der Waals surface area contributed by atoms with Gasteiger partial charge in [0.2, 0.25) is 5.95 Å². The van der Waals surface area contributed by atoms with E-state index >= 15 is 0 Å². The van der Waals surface area contributed by atoms with E-state index in [1.165, 1.54) is 28.7 Å². The maximum absolute atomic E-state index is 13.6. The zero-order chi connectivity index (χ0) is 30.2. The minimum atomic E-state index is -4.62. The largest absolute Gasteiger partial charge is 0.466 e. The summed E-state index contributed by atoms with van der Waals surface area (Å²) in [5, 5.41) is 25.7. The van der Waals surface area contributed by atoms with E-state index in [4.69, 9.17) is 4.74 Å². The molecule has 2 aliphatic rings. The summed E-state index contributed by atoms with van der Waals surface area (Å²) in [5.74, 6) is -0.559. The van der Waals surface area contributed by atoms with Crippen molar-refractivity contribution < 1.29 is 27.8 Å². The molecule has 2 aliphatic heterocycles. The van der Waals surface area contributed by atoms with Gasteiger partial charge in [0.15, 0.2) is 0 Å². The standard InChI is InChI=1S/C29H29F3N6O4/c1-17-24(26(40)42-2)25(23-7-6-19(14-33)12-20(23)15-36-10-8-18(16-39)9-11-36)38-27(34-35-28(38)41)37(17)22-5-3-4-21(13-22)29(30,31)32/h3-7,12-13,18,25,39H,8-11,15-16H2,1-2H3,(H,35,41)/t25-/m1/s1. The number of nitrogens with one attached hydrogen (secondary N) is 1. The Balaban J connectivity index is 1.68. The number of ether oxygens (including phenoxy) is 1. The summed E-state index contributed by atoms with van der Waals surface area (Å²) in [6.45, 7) is 3.51. The van der Waals surface area contributed by atoms with E-state index in [0.29, 0.717) is 36.3 Å². The summed E-state index contributed by atoms with van der Waals surface area (Å²) in [7, 11) is 1.19. The number of likely N-dealkylation sites (tertiary alicyclic amines) is 1. The maximum Gasteiger partial charge on any atom is 0.416 e. The van der Waals surface area contributed by atoms with E-state index in [9.17, 15) is 33.1 Å². The van der Waals surface area contributed by atoms with Gasteiger partial charge < -0.3 is 9.84 Å². The Morgan fingerprint density at radius 3 is 2.60 bits per heavy atom. The summed E-state index contributed by atoms with van der Waals surface area (Å²) in [6, 6.07) is 10.6. The summed E-state index contributed by atoms with van der Waals surface area (Å²) >= 11 is 0. The highest BCUT2D eigenvalue weighted by Gasteiger charge is 2.41. The number of esters is 1. The Bertz CT molecular complexity index is 1630. The molecule has 3 heterocycles. The van der Waals surface area contributed by atoms with Gasteiger partial charge in [-0.25, -0.2) is 19.3 Å². The van der Waals surface area contributed by atoms with E-state index in [2.05, 4.69) is 21.2 Å². The molecule has 0 radical (unpaired) electrons. The number of allylic oxidation sites excluding steroid dienone is 1. The zero-order valence-electron chi connectivity index (χ0n) is 23.0. The molecule has 42 heavy (non-hydrogen) atoms. The number of benzene rings is 2. The number of hydrogen-bond acceptors (Lipinski definition) is 8. The first kappa shape index (κ1) is 29.1. The van der Waals surface area contributed by atoms with Crippen molar-refractivity contribution in [2.75, 3.05) is 31.7 Å². The topological polar surface area (TPSA) is 127 Å². The van der Waals surface area contributed by atoms with Gasteiger partial charge in [0, 0.05) is 24.5 Å². The maximum atomic E-state index is 13.6. The third-order valence-electron chi connectivity index (χ3n) is 7.91. The summed E-state index contributed by atoms with van der Waals surface area (Å²) in [5.41, 5.74) is 0.370. The first-order valence-corrected chi connectivity index (χ1v) is 13.4. The van der Waals surface area contributed by atoms with Crippen LogP contribution >= 0.6 is 0 Å². The third kappa shape index (κ3) is 5.31. The number of carbonyl (C=O) groups excluding carboxylic acids is 1. The van der Waals surface area contributed by atoms with Crippen LogP contribution in [0.15, 0.2) is 58.5 Å². The molecule has 1 saturated heterocycles. The number of H-pyrrole nitrogens is 1. The van der Waals surface area contributed by atoms with Gasteiger partial charge in [-0.15, -0.1) is 5.10 Å². The number of methoxy groups -OCH3 is 1. The number of aromatic nitrogens is 3. The second-order valence-electron chi connectivity index (χ2n) is 10.4. The fourth-order valence-corrected chi connectivity index (χ4v) is 5.73. The van der Waals surface area contributed by atoms with Crippen LogP contribution < -0.4 is 10.6 Å². The number of anilines is 2. The van der Waals surface area contributed by atoms with Crippen LogP contribution in [0.3, 0.4) is 0 Å². The van der Waals surface area contributed by atoms with Crippen molar-refractivity contribution in [3.05, 3.63) is 86.5 Å². The molecule has 220 valence electrons. The number of aliphatic hydroxyl groups is 1. The zero-order valence-corrected chi connectivity index (χ0v) is 23.0. The molecule has 0 saturated carbocycles. The number of carbonyl (C=O) groups is 1. The van der Waals surface area contributed by atoms with Crippen LogP contribution in [0.4, 0.5) is 24.8 Å². The molecule has 0 aliphatic carbocycles. The minimum Gasteiger partial charge on any atom is -0.466 e. The minimum absolute atomic E-state index is 0.00597. The molecule has 5 rings (SSSR count). The number of nitrogens with zero attached hydrogens (tertiary/aromatic N) is 5. The first-order chi connectivity index (χ1) is 20.1. The summed E-state index contributed by atoms with van der Waals surface area (Å²) < 4.78 is 47.1. The molecular formula is C29H29F3N6O4. The number of halogens is 3. The highest BCUT2D eigenvalue weighted by molar-refractivity contribution is 5.93. The molecule has 1 atom stereocenters. The molecule has 0 bridgehead atoms. The molecule has 10 nitrogen and oxygen atoms in total. The smallest absolute Gasteiger partial charge is 0.416 e. The van der Waals surface area contributed by atoms with Crippen molar-refractivity contribution in [1.29, 1.82) is 5.26 Å². The van der Waals surface area contributed by atoms with Crippen molar-refractivity contribution in [3.63, 3.8) is 0 Å². The predicted molar refractivity (Wildman–Crippen MR) is 146 cm³/mol. The van der Waals surface area contributed by atoms with Crippen molar-refractivity contribution in [2.45, 2.75) is 38.5 Å². The molecule has 0 spiro atoms. The highest BCUT2D eigenvalue weighted by Crippen LogP contribution is 2.43. The average molecular weight is 583 g/mol. The molecule has 2 N–H and O–H groups in total. The fourth-order valence-electron chi connectivity index (χ4n) is 5.73. The number of rotatable bonds is 6. The average Bonchev–Trinajstić information content (AvgIpc) is 3.36. The second-order valence-corrected chi connectivity index (χ2v) is 10.4. The molecule has 2 aromatic carbocycles. The summed E-state index contributed by atoms with van der Waals surface area (Å²) in [6.07, 6.45) is -3.01. The van der Waals surface area contributed by atoms with E-state index in [1.54, 1.807) is 25.1 Å². The van der Waals surface area contributed by atoms with Crippen LogP contribution in [-0.2, 0) is 22.3 Å². The third-order valence-corrected chi connectivity index (χ3v) is 7.91. The normalized spacial score (nSPS) is 18.1. The lowest BCUT2D eigenvalue weighted by Gasteiger charge is -2.37. The van der Waals surface area contributed by atoms with Gasteiger partial charge in [-0.1, -0.05) is 12.1 Å². The Kier molecular flexibility index (Phi) is 7.94. The number of nitriles is 1. The van der Waals surface area contributed by atoms with Gasteiger partial charge in [0.25, 0.3) is 0 Å². The number of hydrogen-bond donors (Lipinski definition) is 2. The number of aromatic amines is 1. The molecule has 0 amide bonds. The van der Waals surface area contributed by atoms with Crippen molar-refractivity contribution in [1.82, 2.24) is 19.7 Å². The van der Waals surface area contributed by atoms with Gasteiger partial charge in [-0.2, -0.15) is 18.4 Å². The lowest BCUT2D eigenvalue weighted by molar-refractivity contribution is -0.138. The molecule has 3 aromatic rings. The number of piperidine rings is 1. The lowest BCUT2D eigenvalue weighted by atomic mass is 9.89. The number of fused-ring (bicyclic) bond motifs is 1. The quantitative estimate of drug-likeness (QED) is 0.420. The monoisotopic (exact) mass is 582 g/mol. The van der Waals surface area contributed by atoms with Crippen LogP contribution in [-0.4, -0.2) is 57.5 Å². The van der Waals surface area contributed by atoms with Crippen LogP contribution in [0, 0.1) is 17.2 Å². The van der Waals surface area contributed by atoms with E-state index in [-0.39, 0.29) is 35.4 Å². The molecule has 13 heteroatoms. The van der Waals surface area contributed by atoms with Crippen LogP contribution in [0.5, 0.6) is 0 Å². The Hall–Kier alpha value is -4.41. The first-order valence-electron chi connectivity index (χ1n) is 13.4. The van der Waals surface area contributed by atoms with Gasteiger partial charge in [0.1, 0.15) is 6.04 Å². The molecule has 1 fully saturated rings. The lowest BCUT2D eigenvalue weighted by Crippen LogP contribution is -2.39. The van der Waals surface area contributed by atoms with Gasteiger partial charge in [0.05, 0.1) is 29.9 Å². The van der Waals surface area contributed by atoms with Crippen molar-refractivity contribution >= 4 is 17.6 Å². The van der Waals surface area contributed by atoms with Crippen LogP contribution in [0.2, 0.25) is 0 Å². The molecular weight excluding hydrogens is 553 g/mol. The van der Waals surface area contributed by atoms with Gasteiger partial charge in [-0.05, 0) is 80.2 Å². The second kappa shape index (κ2) is 11.5. The Morgan fingerprint density at radius 1 is 1.21 bits per heavy atom. The van der Waals surface area contributed by atoms with Crippen LogP contribution in [0.1, 0.15) is 48.1 Å². The molecule has 1 aromatic heterocycles. The van der Waals surface area contributed by atoms with Gasteiger partial charge >= 0.3 is 17.8 Å². The summed E-state index contributed by atoms with van der Waals surface area (Å²) in [4.78, 5) is 30.2. The Morgan fingerprint density at radius 2 is 1.95 bits per heavy atom. The Labute approximate surface area is 239 Å². The van der Waals surface area contributed by atoms with Crippen molar-refractivity contribution in [2.24, 2.45) is 5.92 Å². The molecule has 0 unspecified atom stereocenters. The van der Waals surface area contributed by atoms with E-state index in [1.807, 2.05) is 0 Å². The SMILES string of the molecule is COC(=O)C1=C(C)N(c2cccc(C(F)(F)F)c2)c2n[nH]c(=O)n2[C@@H]1c1ccc(C#N)cc1CN1CCC(CO)CC1. The highest BCUT2D eigenvalue weighted by atomic mass is 19.4. The van der Waals surface area contributed by atoms with Crippen LogP contribution in [0.25, 0.3) is 0 Å². The van der Waals surface area contributed by atoms with Gasteiger partial charge in [-0.3, -0.25) is 9.80 Å². The van der Waals surface area contributed by atoms with E-state index < -0.39 is 29.4 Å². The van der Waals surface area contributed by atoms with E-state index in [0.717, 1.165) is 25.0 Å². The van der Waals surface area contributed by atoms with Crippen molar-refractivity contribution in [3.8, 4) is 6.07 Å². The number of alkyl halides is 3. The fraction of sp³-hybridized carbons (Fsp3) is 0.379. The predicted octanol–water partition coefficient (Wildman–Crippen LogP) is 3.85. The number of aliphatic hydroxyl groups excluding tert-OH is 1.